The van der Waals surface area contributed by atoms with Crippen LogP contribution < -0.4 is 22.3 Å². The maximum absolute atomic E-state index is 11.8. The van der Waals surface area contributed by atoms with E-state index in [-0.39, 0.29) is 18.1 Å². The second-order valence-corrected chi connectivity index (χ2v) is 4.39. The zero-order valence-corrected chi connectivity index (χ0v) is 11.4. The standard InChI is InChI=1S/C12H17N5O3/c1-3-4-17-10(13)9(11(18)16-12(17)19)15-6-8-14-5-7(2)20-8/h5,15H,3-4,6,13H2,1-2H3,(H,16,18,19). The van der Waals surface area contributed by atoms with Gasteiger partial charge >= 0.3 is 5.69 Å². The average Bonchev–Trinajstić information content (AvgIpc) is 2.80. The zero-order chi connectivity index (χ0) is 14.7. The van der Waals surface area contributed by atoms with E-state index < -0.39 is 11.2 Å². The largest absolute Gasteiger partial charge is 0.444 e. The lowest BCUT2D eigenvalue weighted by Gasteiger charge is -2.12. The van der Waals surface area contributed by atoms with E-state index in [1.807, 2.05) is 6.92 Å². The monoisotopic (exact) mass is 279 g/mol. The van der Waals surface area contributed by atoms with Crippen LogP contribution in [0.5, 0.6) is 0 Å². The summed E-state index contributed by atoms with van der Waals surface area (Å²) in [5.41, 5.74) is 4.96. The molecule has 0 saturated carbocycles. The third-order valence-corrected chi connectivity index (χ3v) is 2.77. The van der Waals surface area contributed by atoms with Gasteiger partial charge < -0.3 is 15.5 Å². The van der Waals surface area contributed by atoms with Crippen molar-refractivity contribution in [2.75, 3.05) is 11.1 Å². The molecule has 0 amide bonds. The van der Waals surface area contributed by atoms with Gasteiger partial charge in [-0.15, -0.1) is 0 Å². The second-order valence-electron chi connectivity index (χ2n) is 4.39. The van der Waals surface area contributed by atoms with Gasteiger partial charge in [0, 0.05) is 6.54 Å². The first-order valence-electron chi connectivity index (χ1n) is 6.30. The highest BCUT2D eigenvalue weighted by Gasteiger charge is 2.12. The molecule has 0 aliphatic heterocycles. The van der Waals surface area contributed by atoms with Crippen molar-refractivity contribution in [2.24, 2.45) is 0 Å². The predicted octanol–water partition coefficient (Wildman–Crippen LogP) is 0.437. The summed E-state index contributed by atoms with van der Waals surface area (Å²) in [4.78, 5) is 29.7. The van der Waals surface area contributed by atoms with E-state index in [1.54, 1.807) is 13.1 Å². The van der Waals surface area contributed by atoms with Crippen molar-refractivity contribution in [1.82, 2.24) is 14.5 Å². The Morgan fingerprint density at radius 3 is 2.85 bits per heavy atom. The number of rotatable bonds is 5. The first-order chi connectivity index (χ1) is 9.52. The van der Waals surface area contributed by atoms with Crippen LogP contribution in [0.3, 0.4) is 0 Å². The molecule has 2 rings (SSSR count). The van der Waals surface area contributed by atoms with Gasteiger partial charge in [-0.25, -0.2) is 9.78 Å². The molecule has 4 N–H and O–H groups in total. The molecule has 20 heavy (non-hydrogen) atoms. The van der Waals surface area contributed by atoms with Crippen molar-refractivity contribution in [3.05, 3.63) is 38.7 Å². The Hall–Kier alpha value is -2.51. The molecule has 2 aromatic rings. The van der Waals surface area contributed by atoms with Crippen LogP contribution in [0.1, 0.15) is 25.0 Å². The van der Waals surface area contributed by atoms with Crippen LogP contribution in [0.15, 0.2) is 20.2 Å². The van der Waals surface area contributed by atoms with Gasteiger partial charge in [0.15, 0.2) is 0 Å². The minimum Gasteiger partial charge on any atom is -0.444 e. The molecule has 0 radical (unpaired) electrons. The fraction of sp³-hybridized carbons (Fsp3) is 0.417. The summed E-state index contributed by atoms with van der Waals surface area (Å²) >= 11 is 0. The third-order valence-electron chi connectivity index (χ3n) is 2.77. The van der Waals surface area contributed by atoms with Crippen LogP contribution in [0.25, 0.3) is 0 Å². The number of aryl methyl sites for hydroxylation is 1. The lowest BCUT2D eigenvalue weighted by Crippen LogP contribution is -2.34. The fourth-order valence-corrected chi connectivity index (χ4v) is 1.85. The Morgan fingerprint density at radius 2 is 2.25 bits per heavy atom. The summed E-state index contributed by atoms with van der Waals surface area (Å²) in [5, 5.41) is 2.85. The van der Waals surface area contributed by atoms with E-state index in [9.17, 15) is 9.59 Å². The van der Waals surface area contributed by atoms with Gasteiger partial charge in [-0.2, -0.15) is 0 Å². The number of oxazole rings is 1. The molecule has 8 nitrogen and oxygen atoms in total. The van der Waals surface area contributed by atoms with Crippen LogP contribution in [-0.4, -0.2) is 14.5 Å². The van der Waals surface area contributed by atoms with E-state index in [0.717, 1.165) is 6.42 Å². The van der Waals surface area contributed by atoms with Gasteiger partial charge in [0.05, 0.1) is 12.7 Å². The van der Waals surface area contributed by atoms with E-state index in [1.165, 1.54) is 4.57 Å². The zero-order valence-electron chi connectivity index (χ0n) is 11.4. The lowest BCUT2D eigenvalue weighted by molar-refractivity contribution is 0.479. The minimum atomic E-state index is -0.553. The van der Waals surface area contributed by atoms with Crippen LogP contribution in [0.2, 0.25) is 0 Å². The molecule has 0 unspecified atom stereocenters. The van der Waals surface area contributed by atoms with Crippen LogP contribution in [0, 0.1) is 6.92 Å². The predicted molar refractivity (Wildman–Crippen MR) is 74.6 cm³/mol. The summed E-state index contributed by atoms with van der Waals surface area (Å²) in [6.07, 6.45) is 2.32. The molecular formula is C12H17N5O3. The number of anilines is 2. The van der Waals surface area contributed by atoms with E-state index in [2.05, 4.69) is 15.3 Å². The smallest absolute Gasteiger partial charge is 0.330 e. The van der Waals surface area contributed by atoms with Crippen molar-refractivity contribution < 1.29 is 4.42 Å². The molecule has 108 valence electrons. The molecule has 0 fully saturated rings. The van der Waals surface area contributed by atoms with Crippen molar-refractivity contribution in [3.8, 4) is 0 Å². The number of H-pyrrole nitrogens is 1. The normalized spacial score (nSPS) is 10.7. The van der Waals surface area contributed by atoms with Crippen LogP contribution >= 0.6 is 0 Å². The number of hydrogen-bond donors (Lipinski definition) is 3. The first-order valence-corrected chi connectivity index (χ1v) is 6.30. The molecule has 0 atom stereocenters. The Labute approximate surface area is 114 Å². The maximum atomic E-state index is 11.8. The summed E-state index contributed by atoms with van der Waals surface area (Å²) in [6, 6.07) is 0. The van der Waals surface area contributed by atoms with Gasteiger partial charge in [0.2, 0.25) is 5.89 Å². The number of nitrogens with zero attached hydrogens (tertiary/aromatic N) is 2. The van der Waals surface area contributed by atoms with Crippen LogP contribution in [-0.2, 0) is 13.1 Å². The molecule has 0 saturated heterocycles. The molecule has 0 bridgehead atoms. The number of nitrogens with two attached hydrogens (primary N) is 1. The summed E-state index contributed by atoms with van der Waals surface area (Å²) in [5.74, 6) is 1.23. The fourth-order valence-electron chi connectivity index (χ4n) is 1.85. The number of aromatic amines is 1. The highest BCUT2D eigenvalue weighted by molar-refractivity contribution is 5.60. The Morgan fingerprint density at radius 1 is 1.50 bits per heavy atom. The van der Waals surface area contributed by atoms with Crippen LogP contribution in [0.4, 0.5) is 11.5 Å². The highest BCUT2D eigenvalue weighted by Crippen LogP contribution is 2.12. The van der Waals surface area contributed by atoms with Gasteiger partial charge in [0.1, 0.15) is 17.3 Å². The molecule has 8 heteroatoms. The minimum absolute atomic E-state index is 0.115. The van der Waals surface area contributed by atoms with Gasteiger partial charge in [0.25, 0.3) is 5.56 Å². The molecule has 0 aromatic carbocycles. The SMILES string of the molecule is CCCn1c(N)c(NCc2ncc(C)o2)c(=O)[nH]c1=O. The Balaban J connectivity index is 2.29. The lowest BCUT2D eigenvalue weighted by atomic mass is 10.4. The molecule has 2 aromatic heterocycles. The maximum Gasteiger partial charge on any atom is 0.330 e. The van der Waals surface area contributed by atoms with E-state index in [0.29, 0.717) is 18.2 Å². The Kier molecular flexibility index (Phi) is 3.92. The molecular weight excluding hydrogens is 262 g/mol. The second kappa shape index (κ2) is 5.64. The number of nitrogen functional groups attached to an aromatic ring is 1. The molecule has 0 aliphatic rings. The van der Waals surface area contributed by atoms with Crippen molar-refractivity contribution in [1.29, 1.82) is 0 Å². The highest BCUT2D eigenvalue weighted by atomic mass is 16.4. The van der Waals surface area contributed by atoms with Gasteiger partial charge in [-0.1, -0.05) is 6.92 Å². The molecule has 0 spiro atoms. The third kappa shape index (κ3) is 2.73. The number of hydrogen-bond acceptors (Lipinski definition) is 6. The van der Waals surface area contributed by atoms with Crippen molar-refractivity contribution in [2.45, 2.75) is 33.4 Å². The molecule has 0 aliphatic carbocycles. The van der Waals surface area contributed by atoms with E-state index in [4.69, 9.17) is 10.2 Å². The summed E-state index contributed by atoms with van der Waals surface area (Å²) in [6.45, 7) is 4.35. The van der Waals surface area contributed by atoms with Crippen molar-refractivity contribution >= 4 is 11.5 Å². The topological polar surface area (TPSA) is 119 Å². The van der Waals surface area contributed by atoms with Gasteiger partial charge in [-0.3, -0.25) is 14.3 Å². The van der Waals surface area contributed by atoms with E-state index >= 15 is 0 Å². The number of aromatic nitrogens is 3. The number of nitrogens with one attached hydrogen (secondary N) is 2. The summed E-state index contributed by atoms with van der Waals surface area (Å²) < 4.78 is 6.62. The summed E-state index contributed by atoms with van der Waals surface area (Å²) in [7, 11) is 0. The first kappa shape index (κ1) is 13.9. The Bertz CT molecular complexity index is 713. The average molecular weight is 279 g/mol. The van der Waals surface area contributed by atoms with Gasteiger partial charge in [-0.05, 0) is 13.3 Å². The van der Waals surface area contributed by atoms with Crippen molar-refractivity contribution in [3.63, 3.8) is 0 Å². The molecule has 2 heterocycles. The quantitative estimate of drug-likeness (QED) is 0.730.